The third kappa shape index (κ3) is 4.46. The van der Waals surface area contributed by atoms with E-state index in [2.05, 4.69) is 10.6 Å². The minimum atomic E-state index is -0.235. The molecule has 1 heterocycles. The number of amides is 3. The highest BCUT2D eigenvalue weighted by atomic mass is 16.5. The smallest absolute Gasteiger partial charge is 0.319 e. The summed E-state index contributed by atoms with van der Waals surface area (Å²) < 4.78 is 5.24. The van der Waals surface area contributed by atoms with Gasteiger partial charge in [0.25, 0.3) is 5.91 Å². The van der Waals surface area contributed by atoms with Crippen molar-refractivity contribution in [3.63, 3.8) is 0 Å². The lowest BCUT2D eigenvalue weighted by atomic mass is 10.1. The van der Waals surface area contributed by atoms with E-state index in [0.29, 0.717) is 37.6 Å². The van der Waals surface area contributed by atoms with Crippen molar-refractivity contribution in [2.24, 2.45) is 0 Å². The van der Waals surface area contributed by atoms with Crippen LogP contribution in [-0.4, -0.2) is 49.2 Å². The van der Waals surface area contributed by atoms with Crippen molar-refractivity contribution in [3.8, 4) is 0 Å². The molecule has 0 radical (unpaired) electrons. The maximum Gasteiger partial charge on any atom is 0.319 e. The maximum atomic E-state index is 12.3. The van der Waals surface area contributed by atoms with Crippen LogP contribution in [0.25, 0.3) is 0 Å². The minimum absolute atomic E-state index is 0.00101. The molecule has 0 saturated carbocycles. The van der Waals surface area contributed by atoms with Gasteiger partial charge in [0, 0.05) is 30.4 Å². The quantitative estimate of drug-likeness (QED) is 0.894. The molecule has 0 bridgehead atoms. The summed E-state index contributed by atoms with van der Waals surface area (Å²) in [5.41, 5.74) is 1.29. The third-order valence-electron chi connectivity index (χ3n) is 3.68. The van der Waals surface area contributed by atoms with Gasteiger partial charge in [-0.3, -0.25) is 4.79 Å². The number of ether oxygens (including phenoxy) is 1. The summed E-state index contributed by atoms with van der Waals surface area (Å²) >= 11 is 0. The summed E-state index contributed by atoms with van der Waals surface area (Å²) in [7, 11) is 0. The van der Waals surface area contributed by atoms with Gasteiger partial charge < -0.3 is 20.3 Å². The monoisotopic (exact) mass is 305 g/mol. The van der Waals surface area contributed by atoms with Crippen LogP contribution in [-0.2, 0) is 4.74 Å². The number of urea groups is 1. The molecule has 1 aromatic rings. The number of hydrogen-bond donors (Lipinski definition) is 2. The fourth-order valence-corrected chi connectivity index (χ4v) is 2.14. The molecule has 0 spiro atoms. The van der Waals surface area contributed by atoms with Crippen LogP contribution < -0.4 is 10.6 Å². The number of morpholine rings is 1. The highest BCUT2D eigenvalue weighted by Gasteiger charge is 2.18. The molecule has 3 amide bonds. The molecule has 120 valence electrons. The number of rotatable bonds is 4. The lowest BCUT2D eigenvalue weighted by molar-refractivity contribution is 0.0303. The Hall–Kier alpha value is -2.08. The fourth-order valence-electron chi connectivity index (χ4n) is 2.14. The molecular formula is C16H23N3O3. The highest BCUT2D eigenvalue weighted by Crippen LogP contribution is 2.12. The summed E-state index contributed by atoms with van der Waals surface area (Å²) in [6.45, 7) is 6.37. The van der Waals surface area contributed by atoms with Gasteiger partial charge in [-0.15, -0.1) is 0 Å². The van der Waals surface area contributed by atoms with E-state index >= 15 is 0 Å². The van der Waals surface area contributed by atoms with Crippen LogP contribution in [0.1, 0.15) is 30.6 Å². The second-order valence-electron chi connectivity index (χ2n) is 5.39. The van der Waals surface area contributed by atoms with Crippen molar-refractivity contribution in [2.45, 2.75) is 26.3 Å². The number of hydrogen-bond acceptors (Lipinski definition) is 3. The average Bonchev–Trinajstić information content (AvgIpc) is 2.55. The zero-order valence-electron chi connectivity index (χ0n) is 13.1. The number of benzene rings is 1. The third-order valence-corrected chi connectivity index (χ3v) is 3.68. The summed E-state index contributed by atoms with van der Waals surface area (Å²) in [5.74, 6) is -0.00101. The van der Waals surface area contributed by atoms with Gasteiger partial charge in [0.15, 0.2) is 0 Å². The van der Waals surface area contributed by atoms with Gasteiger partial charge >= 0.3 is 6.03 Å². The number of anilines is 1. The topological polar surface area (TPSA) is 70.7 Å². The Morgan fingerprint density at radius 1 is 1.23 bits per heavy atom. The summed E-state index contributed by atoms with van der Waals surface area (Å²) in [6.07, 6.45) is 0.875. The Morgan fingerprint density at radius 3 is 2.45 bits per heavy atom. The van der Waals surface area contributed by atoms with Crippen molar-refractivity contribution >= 4 is 17.6 Å². The molecule has 6 heteroatoms. The van der Waals surface area contributed by atoms with Crippen LogP contribution in [0.4, 0.5) is 10.5 Å². The van der Waals surface area contributed by atoms with E-state index in [-0.39, 0.29) is 18.0 Å². The van der Waals surface area contributed by atoms with Crippen LogP contribution in [0, 0.1) is 0 Å². The molecule has 1 aromatic carbocycles. The minimum Gasteiger partial charge on any atom is -0.378 e. The molecule has 1 saturated heterocycles. The predicted octanol–water partition coefficient (Wildman–Crippen LogP) is 2.08. The first-order chi connectivity index (χ1) is 10.6. The zero-order valence-corrected chi connectivity index (χ0v) is 13.1. The lowest BCUT2D eigenvalue weighted by Gasteiger charge is -2.26. The Bertz CT molecular complexity index is 510. The maximum absolute atomic E-state index is 12.3. The summed E-state index contributed by atoms with van der Waals surface area (Å²) in [6, 6.07) is 6.84. The molecule has 22 heavy (non-hydrogen) atoms. The van der Waals surface area contributed by atoms with Gasteiger partial charge in [0.1, 0.15) is 0 Å². The normalized spacial score (nSPS) is 16.0. The first-order valence-corrected chi connectivity index (χ1v) is 7.64. The Balaban J connectivity index is 1.92. The molecule has 1 fully saturated rings. The number of carbonyl (C=O) groups excluding carboxylic acids is 2. The van der Waals surface area contributed by atoms with Gasteiger partial charge in [0.2, 0.25) is 0 Å². The lowest BCUT2D eigenvalue weighted by Crippen LogP contribution is -2.40. The average molecular weight is 305 g/mol. The number of nitrogens with one attached hydrogen (secondary N) is 2. The summed E-state index contributed by atoms with van der Waals surface area (Å²) in [5, 5.41) is 5.59. The van der Waals surface area contributed by atoms with Gasteiger partial charge in [-0.1, -0.05) is 6.92 Å². The molecular weight excluding hydrogens is 282 g/mol. The summed E-state index contributed by atoms with van der Waals surface area (Å²) in [4.78, 5) is 25.8. The van der Waals surface area contributed by atoms with Gasteiger partial charge in [-0.05, 0) is 37.6 Å². The Morgan fingerprint density at radius 2 is 1.86 bits per heavy atom. The Labute approximate surface area is 130 Å². The van der Waals surface area contributed by atoms with Crippen LogP contribution in [0.2, 0.25) is 0 Å². The second-order valence-corrected chi connectivity index (χ2v) is 5.39. The molecule has 2 rings (SSSR count). The van der Waals surface area contributed by atoms with Crippen molar-refractivity contribution in [1.82, 2.24) is 10.2 Å². The SMILES string of the molecule is CCC(C)NC(=O)Nc1ccc(C(=O)N2CCOCC2)cc1. The molecule has 2 N–H and O–H groups in total. The van der Waals surface area contributed by atoms with E-state index in [1.165, 1.54) is 0 Å². The molecule has 1 unspecified atom stereocenters. The zero-order chi connectivity index (χ0) is 15.9. The van der Waals surface area contributed by atoms with E-state index in [4.69, 9.17) is 4.74 Å². The van der Waals surface area contributed by atoms with E-state index in [1.54, 1.807) is 29.2 Å². The standard InChI is InChI=1S/C16H23N3O3/c1-3-12(2)17-16(21)18-14-6-4-13(5-7-14)15(20)19-8-10-22-11-9-19/h4-7,12H,3,8-11H2,1-2H3,(H2,17,18,21). The number of carbonyl (C=O) groups is 2. The highest BCUT2D eigenvalue weighted by molar-refractivity contribution is 5.95. The largest absolute Gasteiger partial charge is 0.378 e. The molecule has 1 aliphatic rings. The van der Waals surface area contributed by atoms with Crippen LogP contribution in [0.3, 0.4) is 0 Å². The molecule has 0 aromatic heterocycles. The van der Waals surface area contributed by atoms with Crippen LogP contribution in [0.5, 0.6) is 0 Å². The Kier molecular flexibility index (Phi) is 5.77. The van der Waals surface area contributed by atoms with Gasteiger partial charge in [-0.25, -0.2) is 4.79 Å². The van der Waals surface area contributed by atoms with Gasteiger partial charge in [0.05, 0.1) is 13.2 Å². The molecule has 0 aliphatic carbocycles. The van der Waals surface area contributed by atoms with E-state index in [9.17, 15) is 9.59 Å². The number of nitrogens with zero attached hydrogens (tertiary/aromatic N) is 1. The van der Waals surface area contributed by atoms with Gasteiger partial charge in [-0.2, -0.15) is 0 Å². The predicted molar refractivity (Wildman–Crippen MR) is 85.1 cm³/mol. The van der Waals surface area contributed by atoms with E-state index < -0.39 is 0 Å². The fraction of sp³-hybridized carbons (Fsp3) is 0.500. The second kappa shape index (κ2) is 7.79. The van der Waals surface area contributed by atoms with E-state index in [0.717, 1.165) is 6.42 Å². The van der Waals surface area contributed by atoms with Crippen LogP contribution in [0.15, 0.2) is 24.3 Å². The molecule has 6 nitrogen and oxygen atoms in total. The molecule has 1 atom stereocenters. The van der Waals surface area contributed by atoms with Crippen molar-refractivity contribution < 1.29 is 14.3 Å². The first-order valence-electron chi connectivity index (χ1n) is 7.64. The van der Waals surface area contributed by atoms with Crippen molar-refractivity contribution in [2.75, 3.05) is 31.6 Å². The van der Waals surface area contributed by atoms with Crippen LogP contribution >= 0.6 is 0 Å². The van der Waals surface area contributed by atoms with Crippen molar-refractivity contribution in [3.05, 3.63) is 29.8 Å². The molecule has 1 aliphatic heterocycles. The van der Waals surface area contributed by atoms with Crippen molar-refractivity contribution in [1.29, 1.82) is 0 Å². The first kappa shape index (κ1) is 16.3. The van der Waals surface area contributed by atoms with E-state index in [1.807, 2.05) is 13.8 Å².